The van der Waals surface area contributed by atoms with E-state index in [2.05, 4.69) is 26.2 Å². The highest BCUT2D eigenvalue weighted by molar-refractivity contribution is 9.10. The SMILES string of the molecule is CN(C)c1cccc(NC(=O)c2cc(Br)cnc2N)c1. The Bertz CT molecular complexity index is 643. The molecule has 1 aromatic carbocycles. The summed E-state index contributed by atoms with van der Waals surface area (Å²) < 4.78 is 0.707. The van der Waals surface area contributed by atoms with Crippen molar-refractivity contribution in [2.75, 3.05) is 30.0 Å². The summed E-state index contributed by atoms with van der Waals surface area (Å²) in [5, 5.41) is 2.82. The van der Waals surface area contributed by atoms with Crippen LogP contribution in [0.5, 0.6) is 0 Å². The Hall–Kier alpha value is -2.08. The van der Waals surface area contributed by atoms with E-state index in [1.165, 1.54) is 0 Å². The fourth-order valence-corrected chi connectivity index (χ4v) is 2.02. The van der Waals surface area contributed by atoms with Gasteiger partial charge in [-0.25, -0.2) is 4.98 Å². The Morgan fingerprint density at radius 1 is 1.35 bits per heavy atom. The summed E-state index contributed by atoms with van der Waals surface area (Å²) in [5.74, 6) is -0.0818. The maximum absolute atomic E-state index is 12.2. The highest BCUT2D eigenvalue weighted by Crippen LogP contribution is 2.20. The molecule has 0 spiro atoms. The molecule has 3 N–H and O–H groups in total. The third-order valence-electron chi connectivity index (χ3n) is 2.75. The van der Waals surface area contributed by atoms with Gasteiger partial charge in [-0.1, -0.05) is 6.07 Å². The van der Waals surface area contributed by atoms with E-state index in [1.807, 2.05) is 43.3 Å². The molecule has 0 radical (unpaired) electrons. The molecule has 5 nitrogen and oxygen atoms in total. The predicted octanol–water partition coefficient (Wildman–Crippen LogP) is 2.74. The van der Waals surface area contributed by atoms with Crippen LogP contribution in [0.2, 0.25) is 0 Å². The first-order valence-electron chi connectivity index (χ1n) is 5.97. The number of nitrogen functional groups attached to an aromatic ring is 1. The van der Waals surface area contributed by atoms with Crippen LogP contribution in [0.4, 0.5) is 17.2 Å². The molecule has 104 valence electrons. The van der Waals surface area contributed by atoms with Crippen LogP contribution in [-0.4, -0.2) is 25.0 Å². The zero-order chi connectivity index (χ0) is 14.7. The van der Waals surface area contributed by atoms with Gasteiger partial charge < -0.3 is 16.0 Å². The van der Waals surface area contributed by atoms with Gasteiger partial charge in [0.25, 0.3) is 5.91 Å². The van der Waals surface area contributed by atoms with E-state index in [0.29, 0.717) is 15.7 Å². The monoisotopic (exact) mass is 334 g/mol. The van der Waals surface area contributed by atoms with Crippen molar-refractivity contribution in [1.29, 1.82) is 0 Å². The number of carbonyl (C=O) groups is 1. The van der Waals surface area contributed by atoms with Crippen molar-refractivity contribution in [1.82, 2.24) is 4.98 Å². The van der Waals surface area contributed by atoms with Crippen molar-refractivity contribution in [2.45, 2.75) is 0 Å². The number of anilines is 3. The van der Waals surface area contributed by atoms with Crippen LogP contribution >= 0.6 is 15.9 Å². The van der Waals surface area contributed by atoms with Gasteiger partial charge in [-0.3, -0.25) is 4.79 Å². The van der Waals surface area contributed by atoms with Crippen molar-refractivity contribution >= 4 is 39.0 Å². The molecule has 6 heteroatoms. The number of nitrogens with two attached hydrogens (primary N) is 1. The topological polar surface area (TPSA) is 71.2 Å². The number of pyridine rings is 1. The average Bonchev–Trinajstić information content (AvgIpc) is 2.41. The first-order valence-corrected chi connectivity index (χ1v) is 6.76. The Balaban J connectivity index is 2.23. The van der Waals surface area contributed by atoms with Crippen molar-refractivity contribution in [3.63, 3.8) is 0 Å². The molecule has 0 fully saturated rings. The van der Waals surface area contributed by atoms with Crippen molar-refractivity contribution in [3.8, 4) is 0 Å². The van der Waals surface area contributed by atoms with Crippen LogP contribution in [0.1, 0.15) is 10.4 Å². The van der Waals surface area contributed by atoms with Crippen LogP contribution in [0.3, 0.4) is 0 Å². The van der Waals surface area contributed by atoms with Crippen LogP contribution in [0, 0.1) is 0 Å². The molecule has 2 aromatic rings. The zero-order valence-electron chi connectivity index (χ0n) is 11.2. The number of rotatable bonds is 3. The van der Waals surface area contributed by atoms with E-state index >= 15 is 0 Å². The van der Waals surface area contributed by atoms with Crippen LogP contribution in [0.25, 0.3) is 0 Å². The van der Waals surface area contributed by atoms with Crippen molar-refractivity contribution < 1.29 is 4.79 Å². The first-order chi connectivity index (χ1) is 9.47. The lowest BCUT2D eigenvalue weighted by molar-refractivity contribution is 0.102. The molecule has 1 aromatic heterocycles. The number of nitrogens with zero attached hydrogens (tertiary/aromatic N) is 2. The second-order valence-electron chi connectivity index (χ2n) is 4.49. The summed E-state index contributed by atoms with van der Waals surface area (Å²) in [5.41, 5.74) is 7.78. The van der Waals surface area contributed by atoms with Gasteiger partial charge in [0.1, 0.15) is 5.82 Å². The average molecular weight is 335 g/mol. The number of hydrogen-bond donors (Lipinski definition) is 2. The molecular weight excluding hydrogens is 320 g/mol. The summed E-state index contributed by atoms with van der Waals surface area (Å²) in [6, 6.07) is 9.21. The van der Waals surface area contributed by atoms with Gasteiger partial charge in [0, 0.05) is 36.1 Å². The molecule has 0 bridgehead atoms. The highest BCUT2D eigenvalue weighted by atomic mass is 79.9. The number of amides is 1. The lowest BCUT2D eigenvalue weighted by Crippen LogP contribution is -2.15. The zero-order valence-corrected chi connectivity index (χ0v) is 12.8. The van der Waals surface area contributed by atoms with Gasteiger partial charge in [0.2, 0.25) is 0 Å². The maximum atomic E-state index is 12.2. The molecule has 0 saturated heterocycles. The summed E-state index contributed by atoms with van der Waals surface area (Å²) in [4.78, 5) is 18.1. The lowest BCUT2D eigenvalue weighted by atomic mass is 10.2. The number of carbonyl (C=O) groups excluding carboxylic acids is 1. The van der Waals surface area contributed by atoms with E-state index in [4.69, 9.17) is 5.73 Å². The fourth-order valence-electron chi connectivity index (χ4n) is 1.69. The molecule has 0 aliphatic carbocycles. The quantitative estimate of drug-likeness (QED) is 0.905. The van der Waals surface area contributed by atoms with E-state index in [-0.39, 0.29) is 11.7 Å². The Morgan fingerprint density at radius 3 is 2.80 bits per heavy atom. The Kier molecular flexibility index (Phi) is 4.24. The number of benzene rings is 1. The van der Waals surface area contributed by atoms with Crippen LogP contribution in [0.15, 0.2) is 41.0 Å². The predicted molar refractivity (Wildman–Crippen MR) is 85.1 cm³/mol. The molecule has 0 aliphatic rings. The minimum Gasteiger partial charge on any atom is -0.383 e. The van der Waals surface area contributed by atoms with Gasteiger partial charge in [0.05, 0.1) is 5.56 Å². The van der Waals surface area contributed by atoms with Gasteiger partial charge in [-0.2, -0.15) is 0 Å². The van der Waals surface area contributed by atoms with E-state index < -0.39 is 0 Å². The number of aromatic nitrogens is 1. The van der Waals surface area contributed by atoms with E-state index in [9.17, 15) is 4.79 Å². The smallest absolute Gasteiger partial charge is 0.259 e. The Morgan fingerprint density at radius 2 is 2.10 bits per heavy atom. The first kappa shape index (κ1) is 14.3. The molecule has 1 amide bonds. The largest absolute Gasteiger partial charge is 0.383 e. The van der Waals surface area contributed by atoms with Gasteiger partial charge in [-0.15, -0.1) is 0 Å². The highest BCUT2D eigenvalue weighted by Gasteiger charge is 2.12. The summed E-state index contributed by atoms with van der Waals surface area (Å²) in [7, 11) is 3.88. The third kappa shape index (κ3) is 3.27. The number of nitrogens with one attached hydrogen (secondary N) is 1. The minimum absolute atomic E-state index is 0.203. The van der Waals surface area contributed by atoms with E-state index in [0.717, 1.165) is 5.69 Å². The summed E-state index contributed by atoms with van der Waals surface area (Å²) >= 11 is 3.28. The molecular formula is C14H15BrN4O. The van der Waals surface area contributed by atoms with Gasteiger partial charge in [0.15, 0.2) is 0 Å². The number of hydrogen-bond acceptors (Lipinski definition) is 4. The van der Waals surface area contributed by atoms with E-state index in [1.54, 1.807) is 12.3 Å². The molecule has 0 atom stereocenters. The third-order valence-corrected chi connectivity index (χ3v) is 3.18. The van der Waals surface area contributed by atoms with Crippen molar-refractivity contribution in [2.24, 2.45) is 0 Å². The molecule has 0 aliphatic heterocycles. The lowest BCUT2D eigenvalue weighted by Gasteiger charge is -2.14. The molecule has 20 heavy (non-hydrogen) atoms. The fraction of sp³-hybridized carbons (Fsp3) is 0.143. The maximum Gasteiger partial charge on any atom is 0.259 e. The Labute approximate surface area is 125 Å². The molecule has 2 rings (SSSR count). The van der Waals surface area contributed by atoms with Gasteiger partial charge in [-0.05, 0) is 40.2 Å². The van der Waals surface area contributed by atoms with Crippen LogP contribution in [-0.2, 0) is 0 Å². The second kappa shape index (κ2) is 5.92. The summed E-state index contributed by atoms with van der Waals surface area (Å²) in [6.07, 6.45) is 1.55. The standard InChI is InChI=1S/C14H15BrN4O/c1-19(2)11-5-3-4-10(7-11)18-14(20)12-6-9(15)8-17-13(12)16/h3-8H,1-2H3,(H2,16,17)(H,18,20). The van der Waals surface area contributed by atoms with Crippen molar-refractivity contribution in [3.05, 3.63) is 46.6 Å². The molecule has 1 heterocycles. The normalized spacial score (nSPS) is 10.2. The minimum atomic E-state index is -0.285. The number of halogens is 1. The second-order valence-corrected chi connectivity index (χ2v) is 5.40. The molecule has 0 unspecified atom stereocenters. The van der Waals surface area contributed by atoms with Crippen LogP contribution < -0.4 is 16.0 Å². The summed E-state index contributed by atoms with van der Waals surface area (Å²) in [6.45, 7) is 0. The molecule has 0 saturated carbocycles. The van der Waals surface area contributed by atoms with Gasteiger partial charge >= 0.3 is 0 Å².